The summed E-state index contributed by atoms with van der Waals surface area (Å²) >= 11 is 6.70. The zero-order valence-electron chi connectivity index (χ0n) is 5.92. The predicted octanol–water partition coefficient (Wildman–Crippen LogP) is 4.10. The van der Waals surface area contributed by atoms with Gasteiger partial charge in [0, 0.05) is 3.57 Å². The Morgan fingerprint density at radius 2 is 1.77 bits per heavy atom. The molecule has 1 rings (SSSR count). The molecule has 0 heterocycles. The number of hydrogen-bond acceptors (Lipinski definition) is 0. The van der Waals surface area contributed by atoms with Gasteiger partial charge in [-0.05, 0) is 34.7 Å². The molecule has 0 fully saturated rings. The lowest BCUT2D eigenvalue weighted by atomic mass is 10.2. The fraction of sp³-hybridized carbons (Fsp3) is 0.143. The third kappa shape index (κ3) is 2.46. The largest absolute Gasteiger partial charge is 0.417 e. The van der Waals surface area contributed by atoms with Crippen molar-refractivity contribution in [2.24, 2.45) is 0 Å². The van der Waals surface area contributed by atoms with Crippen molar-refractivity contribution in [3.8, 4) is 0 Å². The Hall–Kier alpha value is -0.0400. The van der Waals surface area contributed by atoms with Crippen molar-refractivity contribution in [2.75, 3.05) is 0 Å². The minimum Gasteiger partial charge on any atom is -0.206 e. The van der Waals surface area contributed by atoms with E-state index in [2.05, 4.69) is 0 Å². The van der Waals surface area contributed by atoms with Gasteiger partial charge in [0.15, 0.2) is 0 Å². The summed E-state index contributed by atoms with van der Waals surface area (Å²) in [6.07, 6.45) is -4.54. The third-order valence-corrected chi connectivity index (χ3v) is 2.45. The van der Waals surface area contributed by atoms with Gasteiger partial charge in [-0.25, -0.2) is 4.39 Å². The van der Waals surface area contributed by atoms with E-state index in [4.69, 9.17) is 11.6 Å². The molecule has 1 aromatic rings. The van der Waals surface area contributed by atoms with Crippen LogP contribution in [0.5, 0.6) is 0 Å². The van der Waals surface area contributed by atoms with E-state index in [-0.39, 0.29) is 3.57 Å². The van der Waals surface area contributed by atoms with Crippen LogP contribution in [0.2, 0.25) is 5.02 Å². The van der Waals surface area contributed by atoms with Crippen LogP contribution >= 0.6 is 34.2 Å². The van der Waals surface area contributed by atoms with Crippen LogP contribution in [0, 0.1) is 9.39 Å². The topological polar surface area (TPSA) is 0 Å². The van der Waals surface area contributed by atoms with E-state index < -0.39 is 22.6 Å². The van der Waals surface area contributed by atoms with Crippen molar-refractivity contribution in [2.45, 2.75) is 6.18 Å². The maximum atomic E-state index is 12.7. The average Bonchev–Trinajstić information content (AvgIpc) is 1.94. The molecule has 0 saturated heterocycles. The first kappa shape index (κ1) is 11.0. The summed E-state index contributed by atoms with van der Waals surface area (Å²) in [5.74, 6) is -0.751. The van der Waals surface area contributed by atoms with Crippen molar-refractivity contribution in [1.29, 1.82) is 0 Å². The molecule has 0 nitrogen and oxygen atoms in total. The lowest BCUT2D eigenvalue weighted by molar-refractivity contribution is -0.137. The smallest absolute Gasteiger partial charge is 0.206 e. The van der Waals surface area contributed by atoms with Crippen LogP contribution in [0.4, 0.5) is 17.6 Å². The molecule has 0 spiro atoms. The second-order valence-corrected chi connectivity index (χ2v) is 3.81. The van der Waals surface area contributed by atoms with Crippen molar-refractivity contribution < 1.29 is 17.6 Å². The Labute approximate surface area is 90.0 Å². The fourth-order valence-electron chi connectivity index (χ4n) is 0.740. The maximum Gasteiger partial charge on any atom is 0.417 e. The molecule has 0 atom stereocenters. The average molecular weight is 324 g/mol. The van der Waals surface area contributed by atoms with Gasteiger partial charge in [-0.3, -0.25) is 0 Å². The Balaban J connectivity index is 3.32. The molecular formula is C7H2ClF4I. The molecule has 0 radical (unpaired) electrons. The van der Waals surface area contributed by atoms with Gasteiger partial charge in [-0.1, -0.05) is 11.6 Å². The highest BCUT2D eigenvalue weighted by Gasteiger charge is 2.33. The van der Waals surface area contributed by atoms with Gasteiger partial charge < -0.3 is 0 Å². The van der Waals surface area contributed by atoms with E-state index in [0.29, 0.717) is 12.1 Å². The van der Waals surface area contributed by atoms with Gasteiger partial charge in [0.25, 0.3) is 0 Å². The summed E-state index contributed by atoms with van der Waals surface area (Å²) in [6, 6.07) is 1.34. The molecule has 72 valence electrons. The summed E-state index contributed by atoms with van der Waals surface area (Å²) in [5, 5.41) is -0.620. The van der Waals surface area contributed by atoms with Crippen LogP contribution in [0.25, 0.3) is 0 Å². The molecule has 0 N–H and O–H groups in total. The van der Waals surface area contributed by atoms with E-state index in [9.17, 15) is 17.6 Å². The van der Waals surface area contributed by atoms with Crippen LogP contribution in [-0.2, 0) is 6.18 Å². The minimum absolute atomic E-state index is 0.102. The standard InChI is InChI=1S/C7H2ClF4I/c8-4-2-5(9)6(13)1-3(4)7(10,11)12/h1-2H. The molecule has 0 aliphatic heterocycles. The molecule has 0 unspecified atom stereocenters. The van der Waals surface area contributed by atoms with Crippen LogP contribution in [-0.4, -0.2) is 0 Å². The highest BCUT2D eigenvalue weighted by molar-refractivity contribution is 14.1. The van der Waals surface area contributed by atoms with Crippen molar-refractivity contribution >= 4 is 34.2 Å². The molecule has 0 amide bonds. The number of alkyl halides is 3. The first-order valence-corrected chi connectivity index (χ1v) is 4.50. The summed E-state index contributed by atoms with van der Waals surface area (Å²) in [7, 11) is 0. The van der Waals surface area contributed by atoms with Gasteiger partial charge in [-0.15, -0.1) is 0 Å². The quantitative estimate of drug-likeness (QED) is 0.383. The summed E-state index contributed by atoms with van der Waals surface area (Å²) in [6.45, 7) is 0. The van der Waals surface area contributed by atoms with E-state index in [1.807, 2.05) is 0 Å². The van der Waals surface area contributed by atoms with E-state index in [0.717, 1.165) is 0 Å². The third-order valence-electron chi connectivity index (χ3n) is 1.32. The zero-order valence-corrected chi connectivity index (χ0v) is 8.84. The predicted molar refractivity (Wildman–Crippen MR) is 49.1 cm³/mol. The Morgan fingerprint density at radius 1 is 1.23 bits per heavy atom. The van der Waals surface area contributed by atoms with E-state index in [1.54, 1.807) is 0 Å². The zero-order chi connectivity index (χ0) is 10.2. The van der Waals surface area contributed by atoms with Gasteiger partial charge in [0.1, 0.15) is 5.82 Å². The minimum atomic E-state index is -4.54. The first-order valence-electron chi connectivity index (χ1n) is 3.04. The van der Waals surface area contributed by atoms with Gasteiger partial charge in [-0.2, -0.15) is 13.2 Å². The van der Waals surface area contributed by atoms with Crippen LogP contribution < -0.4 is 0 Å². The number of hydrogen-bond donors (Lipinski definition) is 0. The maximum absolute atomic E-state index is 12.7. The number of benzene rings is 1. The molecule has 0 aliphatic rings. The molecule has 0 saturated carbocycles. The SMILES string of the molecule is Fc1cc(Cl)c(C(F)(F)F)cc1I. The normalized spacial score (nSPS) is 11.8. The lowest BCUT2D eigenvalue weighted by Gasteiger charge is -2.09. The fourth-order valence-corrected chi connectivity index (χ4v) is 1.46. The van der Waals surface area contributed by atoms with Crippen LogP contribution in [0.3, 0.4) is 0 Å². The van der Waals surface area contributed by atoms with Crippen LogP contribution in [0.15, 0.2) is 12.1 Å². The summed E-state index contributed by atoms with van der Waals surface area (Å²) < 4.78 is 49.0. The van der Waals surface area contributed by atoms with Crippen LogP contribution in [0.1, 0.15) is 5.56 Å². The Morgan fingerprint density at radius 3 is 2.23 bits per heavy atom. The monoisotopic (exact) mass is 324 g/mol. The van der Waals surface area contributed by atoms with Gasteiger partial charge >= 0.3 is 6.18 Å². The van der Waals surface area contributed by atoms with Crippen molar-refractivity contribution in [3.63, 3.8) is 0 Å². The highest BCUT2D eigenvalue weighted by atomic mass is 127. The second-order valence-electron chi connectivity index (χ2n) is 2.24. The van der Waals surface area contributed by atoms with Crippen molar-refractivity contribution in [1.82, 2.24) is 0 Å². The highest BCUT2D eigenvalue weighted by Crippen LogP contribution is 2.36. The van der Waals surface area contributed by atoms with Gasteiger partial charge in [0.05, 0.1) is 10.6 Å². The lowest BCUT2D eigenvalue weighted by Crippen LogP contribution is -2.06. The Bertz CT molecular complexity index is 334. The molecule has 1 aromatic carbocycles. The van der Waals surface area contributed by atoms with Crippen molar-refractivity contribution in [3.05, 3.63) is 32.1 Å². The number of halogens is 6. The molecular weight excluding hydrogens is 322 g/mol. The summed E-state index contributed by atoms with van der Waals surface area (Å²) in [4.78, 5) is 0. The van der Waals surface area contributed by atoms with Gasteiger partial charge in [0.2, 0.25) is 0 Å². The first-order chi connectivity index (χ1) is 5.82. The second kappa shape index (κ2) is 3.61. The number of rotatable bonds is 0. The van der Waals surface area contributed by atoms with E-state index >= 15 is 0 Å². The molecule has 0 aliphatic carbocycles. The molecule has 6 heteroatoms. The molecule has 0 bridgehead atoms. The molecule has 0 aromatic heterocycles. The van der Waals surface area contributed by atoms with E-state index in [1.165, 1.54) is 22.6 Å². The Kier molecular flexibility index (Phi) is 3.06. The molecule has 13 heavy (non-hydrogen) atoms. The summed E-state index contributed by atoms with van der Waals surface area (Å²) in [5.41, 5.74) is -1.01.